The number of aromatic nitrogens is 4. The topological polar surface area (TPSA) is 116 Å². The van der Waals surface area contributed by atoms with Crippen LogP contribution in [-0.4, -0.2) is 73.4 Å². The van der Waals surface area contributed by atoms with Gasteiger partial charge in [0.15, 0.2) is 0 Å². The minimum Gasteiger partial charge on any atom is -0.444 e. The number of hydrogen-bond donors (Lipinski definition) is 2. The molecule has 2 N–H and O–H groups in total. The van der Waals surface area contributed by atoms with Crippen molar-refractivity contribution in [1.82, 2.24) is 29.7 Å². The van der Waals surface area contributed by atoms with Gasteiger partial charge in [-0.25, -0.2) is 19.6 Å². The monoisotopic (exact) mass is 704 g/mol. The number of piperidine rings is 1. The van der Waals surface area contributed by atoms with Crippen LogP contribution in [0.1, 0.15) is 78.0 Å². The summed E-state index contributed by atoms with van der Waals surface area (Å²) in [6.45, 7) is 16.1. The first-order chi connectivity index (χ1) is 24.0. The van der Waals surface area contributed by atoms with E-state index in [4.69, 9.17) is 19.4 Å². The summed E-state index contributed by atoms with van der Waals surface area (Å²) in [5.41, 5.74) is 4.95. The van der Waals surface area contributed by atoms with Crippen molar-refractivity contribution in [1.29, 1.82) is 0 Å². The third-order valence-corrected chi connectivity index (χ3v) is 13.0. The number of likely N-dealkylation sites (tertiary alicyclic amines) is 1. The highest BCUT2D eigenvalue weighted by atomic mass is 28.3. The minimum absolute atomic E-state index is 0.0467. The number of benzene rings is 3. The maximum atomic E-state index is 13.2. The Bertz CT molecular complexity index is 2160. The number of nitrogens with zero attached hydrogens (tertiary/aromatic N) is 4. The third kappa shape index (κ3) is 6.52. The predicted octanol–water partition coefficient (Wildman–Crippen LogP) is 9.38. The summed E-state index contributed by atoms with van der Waals surface area (Å²) in [7, 11) is -1.64. The number of nitrogens with one attached hydrogen (secondary N) is 2. The molecule has 0 spiro atoms. The molecule has 0 bridgehead atoms. The van der Waals surface area contributed by atoms with Gasteiger partial charge < -0.3 is 24.3 Å². The number of ether oxygens (including phenoxy) is 2. The zero-order chi connectivity index (χ0) is 36.0. The lowest BCUT2D eigenvalue weighted by molar-refractivity contribution is 0.0176. The highest BCUT2D eigenvalue weighted by Gasteiger charge is 2.56. The Labute approximate surface area is 299 Å². The molecule has 2 aromatic heterocycles. The second-order valence-corrected chi connectivity index (χ2v) is 22.5. The van der Waals surface area contributed by atoms with Crippen molar-refractivity contribution in [2.24, 2.45) is 5.92 Å². The highest BCUT2D eigenvalue weighted by molar-refractivity contribution is 6.78. The van der Waals surface area contributed by atoms with Gasteiger partial charge in [-0.05, 0) is 95.0 Å². The summed E-state index contributed by atoms with van der Waals surface area (Å²) in [5.74, 6) is 2.15. The molecule has 8 rings (SSSR count). The summed E-state index contributed by atoms with van der Waals surface area (Å²) < 4.78 is 11.5. The molecule has 3 fully saturated rings. The molecule has 2 aliphatic heterocycles. The number of rotatable bonds is 4. The number of carbonyl (C=O) groups is 2. The summed E-state index contributed by atoms with van der Waals surface area (Å²) in [5, 5.41) is 2.17. The average Bonchev–Trinajstić information content (AvgIpc) is 3.47. The lowest BCUT2D eigenvalue weighted by Crippen LogP contribution is -2.39. The van der Waals surface area contributed by atoms with Crippen LogP contribution in [0.25, 0.3) is 44.3 Å². The predicted molar refractivity (Wildman–Crippen MR) is 202 cm³/mol. The maximum absolute atomic E-state index is 13.2. The molecular weight excluding hydrogens is 657 g/mol. The van der Waals surface area contributed by atoms with Crippen molar-refractivity contribution in [2.45, 2.75) is 103 Å². The number of carbonyl (C=O) groups excluding carboxylic acids is 2. The van der Waals surface area contributed by atoms with E-state index in [2.05, 4.69) is 77.7 Å². The standard InChI is InChI=1S/C40H48N6O4Si/c1-39(2,3)49-37(47)45-22-51(7,8)21-33(45)36-42-29-16-14-26-17-25(13-15-28(26)34(29)44-36)23-9-11-24(12-10-23)35-41-20-30(43-35)32-19-27-18-31(27)46(32)38(48)50-40(4,5)6/h9-17,20,27,31-33H,18-19,21-22H2,1-8H3,(H,41,43)(H,42,44)/t27-,31-,32+,33+/m1/s1. The van der Waals surface area contributed by atoms with E-state index < -0.39 is 19.3 Å². The summed E-state index contributed by atoms with van der Waals surface area (Å²) in [6.07, 6.45) is 4.09. The van der Waals surface area contributed by atoms with Crippen LogP contribution in [0.3, 0.4) is 0 Å². The Morgan fingerprint density at radius 1 is 0.824 bits per heavy atom. The minimum atomic E-state index is -1.64. The number of H-pyrrole nitrogens is 2. The quantitative estimate of drug-likeness (QED) is 0.180. The lowest BCUT2D eigenvalue weighted by Gasteiger charge is -2.30. The molecule has 10 nitrogen and oxygen atoms in total. The first-order valence-electron chi connectivity index (χ1n) is 18.1. The van der Waals surface area contributed by atoms with Crippen molar-refractivity contribution in [3.63, 3.8) is 0 Å². The Kier molecular flexibility index (Phi) is 7.68. The molecule has 1 saturated carbocycles. The van der Waals surface area contributed by atoms with Gasteiger partial charge in [0.2, 0.25) is 0 Å². The lowest BCUT2D eigenvalue weighted by atomic mass is 9.99. The van der Waals surface area contributed by atoms with Crippen LogP contribution in [0.2, 0.25) is 19.1 Å². The molecule has 5 aromatic rings. The van der Waals surface area contributed by atoms with Gasteiger partial charge in [-0.3, -0.25) is 4.90 Å². The Hall–Kier alpha value is -4.64. The van der Waals surface area contributed by atoms with Crippen LogP contribution in [0.4, 0.5) is 9.59 Å². The van der Waals surface area contributed by atoms with Gasteiger partial charge in [0.05, 0.1) is 43.1 Å². The molecule has 2 saturated heterocycles. The molecule has 4 atom stereocenters. The third-order valence-electron chi connectivity index (χ3n) is 10.3. The number of amides is 2. The van der Waals surface area contributed by atoms with Crippen molar-refractivity contribution in [2.75, 3.05) is 6.17 Å². The fourth-order valence-electron chi connectivity index (χ4n) is 7.97. The number of fused-ring (bicyclic) bond motifs is 4. The molecule has 0 unspecified atom stereocenters. The molecule has 51 heavy (non-hydrogen) atoms. The van der Waals surface area contributed by atoms with E-state index in [0.717, 1.165) is 80.9 Å². The Morgan fingerprint density at radius 3 is 2.24 bits per heavy atom. The highest BCUT2D eigenvalue weighted by Crippen LogP contribution is 2.53. The molecule has 3 aromatic carbocycles. The van der Waals surface area contributed by atoms with E-state index >= 15 is 0 Å². The number of hydrogen-bond acceptors (Lipinski definition) is 6. The largest absolute Gasteiger partial charge is 0.444 e. The van der Waals surface area contributed by atoms with Crippen molar-refractivity contribution in [3.05, 3.63) is 72.3 Å². The fraction of sp³-hybridized carbons (Fsp3) is 0.450. The Morgan fingerprint density at radius 2 is 1.51 bits per heavy atom. The summed E-state index contributed by atoms with van der Waals surface area (Å²) >= 11 is 0. The van der Waals surface area contributed by atoms with Gasteiger partial charge in [-0.15, -0.1) is 0 Å². The Balaban J connectivity index is 1.01. The van der Waals surface area contributed by atoms with Gasteiger partial charge >= 0.3 is 12.2 Å². The van der Waals surface area contributed by atoms with E-state index in [1.165, 1.54) is 0 Å². The first-order valence-corrected chi connectivity index (χ1v) is 21.5. The van der Waals surface area contributed by atoms with Crippen LogP contribution in [0, 0.1) is 5.92 Å². The van der Waals surface area contributed by atoms with Gasteiger partial charge in [0.1, 0.15) is 22.9 Å². The fourth-order valence-corrected chi connectivity index (χ4v) is 10.8. The van der Waals surface area contributed by atoms with Crippen LogP contribution < -0.4 is 0 Å². The zero-order valence-corrected chi connectivity index (χ0v) is 31.8. The molecule has 0 radical (unpaired) electrons. The first kappa shape index (κ1) is 33.5. The van der Waals surface area contributed by atoms with Crippen LogP contribution in [0.5, 0.6) is 0 Å². The number of aromatic amines is 2. The van der Waals surface area contributed by atoms with E-state index in [9.17, 15) is 9.59 Å². The van der Waals surface area contributed by atoms with Crippen LogP contribution >= 0.6 is 0 Å². The normalized spacial score (nSPS) is 22.8. The summed E-state index contributed by atoms with van der Waals surface area (Å²) in [6, 6.07) is 20.2. The molecule has 266 valence electrons. The van der Waals surface area contributed by atoms with Gasteiger partial charge in [0, 0.05) is 23.2 Å². The maximum Gasteiger partial charge on any atom is 0.411 e. The van der Waals surface area contributed by atoms with Gasteiger partial charge in [0.25, 0.3) is 0 Å². The smallest absolute Gasteiger partial charge is 0.411 e. The zero-order valence-electron chi connectivity index (χ0n) is 30.8. The van der Waals surface area contributed by atoms with Crippen LogP contribution in [-0.2, 0) is 9.47 Å². The van der Waals surface area contributed by atoms with Gasteiger partial charge in [-0.1, -0.05) is 55.6 Å². The van der Waals surface area contributed by atoms with E-state index in [1.54, 1.807) is 0 Å². The molecule has 4 heterocycles. The average molecular weight is 705 g/mol. The molecule has 1 aliphatic carbocycles. The van der Waals surface area contributed by atoms with E-state index in [1.807, 2.05) is 57.5 Å². The second-order valence-electron chi connectivity index (χ2n) is 17.5. The summed E-state index contributed by atoms with van der Waals surface area (Å²) in [4.78, 5) is 47.0. The van der Waals surface area contributed by atoms with E-state index in [-0.39, 0.29) is 30.3 Å². The molecule has 3 aliphatic rings. The molecular formula is C40H48N6O4Si. The molecule has 11 heteroatoms. The van der Waals surface area contributed by atoms with E-state index in [0.29, 0.717) is 5.92 Å². The number of imidazole rings is 2. The molecule has 2 amide bonds. The van der Waals surface area contributed by atoms with Gasteiger partial charge in [-0.2, -0.15) is 0 Å². The van der Waals surface area contributed by atoms with Crippen molar-refractivity contribution >= 4 is 42.1 Å². The SMILES string of the molecule is CC(C)(C)OC(=O)N1C[Si](C)(C)C[C@H]1c1nc2c(ccc3cc(-c4ccc(-c5ncc([C@@H]6C[C@H]7C[C@H]7N6C(=O)OC(C)(C)C)[nH]5)cc4)ccc32)[nH]1. The van der Waals surface area contributed by atoms with Crippen molar-refractivity contribution < 1.29 is 19.1 Å². The van der Waals surface area contributed by atoms with Crippen LogP contribution in [0.15, 0.2) is 60.8 Å². The van der Waals surface area contributed by atoms with Crippen molar-refractivity contribution in [3.8, 4) is 22.5 Å². The second kappa shape index (κ2) is 11.7.